The lowest BCUT2D eigenvalue weighted by Gasteiger charge is -2.00. The van der Waals surface area contributed by atoms with Gasteiger partial charge in [-0.2, -0.15) is 11.3 Å². The van der Waals surface area contributed by atoms with E-state index in [9.17, 15) is 4.79 Å². The minimum atomic E-state index is -0.0424. The molecule has 0 aliphatic rings. The number of hydrogen-bond acceptors (Lipinski definition) is 4. The molecule has 0 saturated carbocycles. The zero-order valence-corrected chi connectivity index (χ0v) is 11.2. The molecule has 0 unspecified atom stereocenters. The van der Waals surface area contributed by atoms with Crippen molar-refractivity contribution < 1.29 is 4.79 Å². The Hall–Kier alpha value is -1.61. The highest BCUT2D eigenvalue weighted by Crippen LogP contribution is 2.14. The Balaban J connectivity index is 1.90. The summed E-state index contributed by atoms with van der Waals surface area (Å²) in [6.07, 6.45) is 0. The largest absolute Gasteiger partial charge is 0.347 e. The van der Waals surface area contributed by atoms with Crippen LogP contribution in [0, 0.1) is 11.8 Å². The summed E-state index contributed by atoms with van der Waals surface area (Å²) in [6, 6.07) is 3.79. The summed E-state index contributed by atoms with van der Waals surface area (Å²) in [5.74, 6) is 5.73. The molecule has 0 aliphatic heterocycles. The van der Waals surface area contributed by atoms with Crippen molar-refractivity contribution in [2.75, 3.05) is 6.54 Å². The van der Waals surface area contributed by atoms with Crippen LogP contribution in [0.4, 0.5) is 0 Å². The quantitative estimate of drug-likeness (QED) is 0.843. The SMILES string of the molecule is NCC#Cc1csc(CNC(=O)c2ccsc2)c1. The molecule has 18 heavy (non-hydrogen) atoms. The van der Waals surface area contributed by atoms with Crippen molar-refractivity contribution in [2.45, 2.75) is 6.54 Å². The Morgan fingerprint density at radius 1 is 1.44 bits per heavy atom. The van der Waals surface area contributed by atoms with Gasteiger partial charge in [0, 0.05) is 26.8 Å². The molecular weight excluding hydrogens is 264 g/mol. The summed E-state index contributed by atoms with van der Waals surface area (Å²) >= 11 is 3.10. The Kier molecular flexibility index (Phi) is 4.53. The van der Waals surface area contributed by atoms with Crippen LogP contribution in [-0.4, -0.2) is 12.5 Å². The zero-order valence-electron chi connectivity index (χ0n) is 9.60. The van der Waals surface area contributed by atoms with Gasteiger partial charge in [-0.15, -0.1) is 11.3 Å². The van der Waals surface area contributed by atoms with Gasteiger partial charge in [-0.05, 0) is 17.5 Å². The Bertz CT molecular complexity index is 576. The smallest absolute Gasteiger partial charge is 0.252 e. The molecule has 2 rings (SSSR count). The highest BCUT2D eigenvalue weighted by atomic mass is 32.1. The van der Waals surface area contributed by atoms with E-state index in [1.807, 2.05) is 28.3 Å². The fourth-order valence-corrected chi connectivity index (χ4v) is 2.75. The van der Waals surface area contributed by atoms with Crippen LogP contribution >= 0.6 is 22.7 Å². The normalized spacial score (nSPS) is 9.61. The van der Waals surface area contributed by atoms with Gasteiger partial charge in [0.2, 0.25) is 0 Å². The summed E-state index contributed by atoms with van der Waals surface area (Å²) in [5, 5.41) is 8.57. The minimum Gasteiger partial charge on any atom is -0.347 e. The van der Waals surface area contributed by atoms with Gasteiger partial charge in [0.05, 0.1) is 13.1 Å². The highest BCUT2D eigenvalue weighted by Gasteiger charge is 2.05. The maximum atomic E-state index is 11.7. The van der Waals surface area contributed by atoms with Crippen LogP contribution in [0.3, 0.4) is 0 Å². The molecule has 2 aromatic rings. The van der Waals surface area contributed by atoms with Crippen molar-refractivity contribution in [3.05, 3.63) is 44.3 Å². The second-order valence-corrected chi connectivity index (χ2v) is 5.28. The number of carbonyl (C=O) groups is 1. The third kappa shape index (κ3) is 3.44. The third-order valence-corrected chi connectivity index (χ3v) is 3.82. The zero-order chi connectivity index (χ0) is 12.8. The molecule has 2 heterocycles. The number of nitrogens with two attached hydrogens (primary N) is 1. The number of carbonyl (C=O) groups excluding carboxylic acids is 1. The number of thiophene rings is 2. The second kappa shape index (κ2) is 6.36. The fraction of sp³-hybridized carbons (Fsp3) is 0.154. The van der Waals surface area contributed by atoms with Crippen LogP contribution in [-0.2, 0) is 6.54 Å². The lowest BCUT2D eigenvalue weighted by atomic mass is 10.3. The van der Waals surface area contributed by atoms with E-state index in [2.05, 4.69) is 17.2 Å². The van der Waals surface area contributed by atoms with Crippen LogP contribution in [0.5, 0.6) is 0 Å². The van der Waals surface area contributed by atoms with Gasteiger partial charge < -0.3 is 11.1 Å². The van der Waals surface area contributed by atoms with E-state index in [-0.39, 0.29) is 5.91 Å². The van der Waals surface area contributed by atoms with Crippen LogP contribution in [0.2, 0.25) is 0 Å². The highest BCUT2D eigenvalue weighted by molar-refractivity contribution is 7.10. The van der Waals surface area contributed by atoms with Gasteiger partial charge in [-0.1, -0.05) is 11.8 Å². The van der Waals surface area contributed by atoms with E-state index in [0.717, 1.165) is 10.4 Å². The average Bonchev–Trinajstić information content (AvgIpc) is 3.04. The minimum absolute atomic E-state index is 0.0424. The summed E-state index contributed by atoms with van der Waals surface area (Å²) in [4.78, 5) is 12.8. The summed E-state index contributed by atoms with van der Waals surface area (Å²) < 4.78 is 0. The number of nitrogens with one attached hydrogen (secondary N) is 1. The molecule has 0 spiro atoms. The number of amides is 1. The molecule has 0 atom stereocenters. The van der Waals surface area contributed by atoms with E-state index in [0.29, 0.717) is 18.7 Å². The van der Waals surface area contributed by atoms with Crippen LogP contribution in [0.25, 0.3) is 0 Å². The monoisotopic (exact) mass is 276 g/mol. The summed E-state index contributed by atoms with van der Waals surface area (Å²) in [6.45, 7) is 0.893. The van der Waals surface area contributed by atoms with Crippen molar-refractivity contribution in [3.63, 3.8) is 0 Å². The average molecular weight is 276 g/mol. The molecule has 0 aliphatic carbocycles. The fourth-order valence-electron chi connectivity index (χ4n) is 1.36. The van der Waals surface area contributed by atoms with E-state index < -0.39 is 0 Å². The molecule has 0 aromatic carbocycles. The molecule has 3 nitrogen and oxygen atoms in total. The van der Waals surface area contributed by atoms with Gasteiger partial charge in [0.25, 0.3) is 5.91 Å². The lowest BCUT2D eigenvalue weighted by molar-refractivity contribution is 0.0952. The standard InChI is InChI=1S/C13H12N2OS2/c14-4-1-2-10-6-12(18-8-10)7-15-13(16)11-3-5-17-9-11/h3,5-6,8-9H,4,7,14H2,(H,15,16). The van der Waals surface area contributed by atoms with Crippen molar-refractivity contribution >= 4 is 28.6 Å². The number of hydrogen-bond donors (Lipinski definition) is 2. The predicted molar refractivity (Wildman–Crippen MR) is 75.7 cm³/mol. The number of rotatable bonds is 3. The van der Waals surface area contributed by atoms with Crippen molar-refractivity contribution in [1.82, 2.24) is 5.32 Å². The van der Waals surface area contributed by atoms with E-state index in [1.165, 1.54) is 11.3 Å². The van der Waals surface area contributed by atoms with Gasteiger partial charge in [0.1, 0.15) is 0 Å². The molecule has 0 radical (unpaired) electrons. The van der Waals surface area contributed by atoms with Gasteiger partial charge in [-0.25, -0.2) is 0 Å². The Morgan fingerprint density at radius 3 is 3.06 bits per heavy atom. The van der Waals surface area contributed by atoms with E-state index in [4.69, 9.17) is 5.73 Å². The molecule has 2 aromatic heterocycles. The molecule has 0 fully saturated rings. The summed E-state index contributed by atoms with van der Waals surface area (Å²) in [7, 11) is 0. The van der Waals surface area contributed by atoms with Crippen molar-refractivity contribution in [3.8, 4) is 11.8 Å². The lowest BCUT2D eigenvalue weighted by Crippen LogP contribution is -2.21. The Labute approximate surface area is 114 Å². The topological polar surface area (TPSA) is 55.1 Å². The molecule has 0 bridgehead atoms. The first-order valence-corrected chi connectivity index (χ1v) is 7.18. The first kappa shape index (κ1) is 12.8. The third-order valence-electron chi connectivity index (χ3n) is 2.20. The predicted octanol–water partition coefficient (Wildman–Crippen LogP) is 2.05. The van der Waals surface area contributed by atoms with Gasteiger partial charge in [0.15, 0.2) is 0 Å². The van der Waals surface area contributed by atoms with Crippen LogP contribution in [0.15, 0.2) is 28.3 Å². The molecule has 3 N–H and O–H groups in total. The maximum Gasteiger partial charge on any atom is 0.252 e. The molecule has 1 amide bonds. The summed E-state index contributed by atoms with van der Waals surface area (Å²) in [5.41, 5.74) is 6.97. The molecule has 92 valence electrons. The maximum absolute atomic E-state index is 11.7. The second-order valence-electron chi connectivity index (χ2n) is 3.50. The van der Waals surface area contributed by atoms with Gasteiger partial charge in [-0.3, -0.25) is 4.79 Å². The van der Waals surface area contributed by atoms with E-state index in [1.54, 1.807) is 11.3 Å². The first-order valence-electron chi connectivity index (χ1n) is 5.36. The molecule has 0 saturated heterocycles. The van der Waals surface area contributed by atoms with Crippen LogP contribution < -0.4 is 11.1 Å². The Morgan fingerprint density at radius 2 is 2.33 bits per heavy atom. The van der Waals surface area contributed by atoms with Crippen molar-refractivity contribution in [2.24, 2.45) is 5.73 Å². The first-order chi connectivity index (χ1) is 8.79. The molecular formula is C13H12N2OS2. The molecule has 5 heteroatoms. The van der Waals surface area contributed by atoms with Crippen molar-refractivity contribution in [1.29, 1.82) is 0 Å². The van der Waals surface area contributed by atoms with Gasteiger partial charge >= 0.3 is 0 Å². The van der Waals surface area contributed by atoms with Crippen LogP contribution in [0.1, 0.15) is 20.8 Å². The van der Waals surface area contributed by atoms with E-state index >= 15 is 0 Å².